The van der Waals surface area contributed by atoms with Gasteiger partial charge in [0.15, 0.2) is 11.5 Å². The standard InChI is InChI=1S/C32H32F2N6O2/c1-7-22-10-8-9-11-23(22)27-25(34)16-24-29(39-15-14-38(17-20(39)5)31(41)21(6)33)37-32(42)40(30(24)36-27)28-19(4)12-13-35-26(28)18(2)3/h7-13,16,18,20H,1,6,14-15,17H2,2-5H3/t20-/m0/s1/i1D2,4D3. The van der Waals surface area contributed by atoms with Crippen LogP contribution in [0.1, 0.15) is 50.4 Å². The van der Waals surface area contributed by atoms with Crippen LogP contribution >= 0.6 is 0 Å². The van der Waals surface area contributed by atoms with Crippen LogP contribution in [0.15, 0.2) is 66.3 Å². The molecule has 42 heavy (non-hydrogen) atoms. The summed E-state index contributed by atoms with van der Waals surface area (Å²) in [6.45, 7) is 5.45. The van der Waals surface area contributed by atoms with Crippen LogP contribution in [0.25, 0.3) is 34.1 Å². The van der Waals surface area contributed by atoms with Crippen molar-refractivity contribution in [2.75, 3.05) is 24.5 Å². The van der Waals surface area contributed by atoms with Crippen LogP contribution < -0.4 is 10.6 Å². The van der Waals surface area contributed by atoms with Gasteiger partial charge < -0.3 is 9.80 Å². The first-order chi connectivity index (χ1) is 22.1. The number of aryl methyl sites for hydroxylation is 1. The largest absolute Gasteiger partial charge is 0.355 e. The van der Waals surface area contributed by atoms with Gasteiger partial charge in [0, 0.05) is 41.5 Å². The normalized spacial score (nSPS) is 17.3. The van der Waals surface area contributed by atoms with Gasteiger partial charge in [-0.25, -0.2) is 23.1 Å². The number of nitrogens with zero attached hydrogens (tertiary/aromatic N) is 6. The number of rotatable bonds is 6. The number of anilines is 1. The Kier molecular flexibility index (Phi) is 6.15. The molecule has 0 aliphatic carbocycles. The summed E-state index contributed by atoms with van der Waals surface area (Å²) in [6.07, 6.45) is 2.58. The molecule has 0 radical (unpaired) electrons. The third-order valence-corrected chi connectivity index (χ3v) is 7.31. The fourth-order valence-electron chi connectivity index (χ4n) is 5.31. The highest BCUT2D eigenvalue weighted by Crippen LogP contribution is 2.34. The van der Waals surface area contributed by atoms with E-state index < -0.39 is 42.7 Å². The molecule has 1 aliphatic heterocycles. The summed E-state index contributed by atoms with van der Waals surface area (Å²) in [5, 5.41) is 0.0807. The second-order valence-corrected chi connectivity index (χ2v) is 10.4. The molecule has 4 aromatic rings. The van der Waals surface area contributed by atoms with Gasteiger partial charge in [-0.15, -0.1) is 0 Å². The maximum Gasteiger partial charge on any atom is 0.355 e. The Hall–Kier alpha value is -4.73. The van der Waals surface area contributed by atoms with Gasteiger partial charge in [-0.05, 0) is 43.0 Å². The van der Waals surface area contributed by atoms with Gasteiger partial charge in [0.1, 0.15) is 17.3 Å². The van der Waals surface area contributed by atoms with E-state index in [0.717, 1.165) is 10.6 Å². The van der Waals surface area contributed by atoms with Crippen LogP contribution in [0.4, 0.5) is 14.6 Å². The number of benzene rings is 1. The van der Waals surface area contributed by atoms with E-state index in [4.69, 9.17) is 6.85 Å². The summed E-state index contributed by atoms with van der Waals surface area (Å²) in [4.78, 5) is 42.8. The van der Waals surface area contributed by atoms with Crippen LogP contribution in [0, 0.1) is 12.7 Å². The molecule has 10 heteroatoms. The number of carbonyl (C=O) groups excluding carboxylic acids is 1. The average molecular weight is 576 g/mol. The summed E-state index contributed by atoms with van der Waals surface area (Å²) in [6, 6.07) is 8.40. The monoisotopic (exact) mass is 575 g/mol. The Morgan fingerprint density at radius 1 is 1.24 bits per heavy atom. The molecule has 4 heterocycles. The lowest BCUT2D eigenvalue weighted by Gasteiger charge is -2.40. The number of piperazine rings is 1. The number of fused-ring (bicyclic) bond motifs is 1. The third kappa shape index (κ3) is 4.97. The number of pyridine rings is 2. The lowest BCUT2D eigenvalue weighted by molar-refractivity contribution is -0.129. The Labute approximate surface area is 249 Å². The van der Waals surface area contributed by atoms with Gasteiger partial charge in [-0.1, -0.05) is 57.3 Å². The first-order valence-electron chi connectivity index (χ1n) is 15.9. The van der Waals surface area contributed by atoms with Crippen LogP contribution in [0.2, 0.25) is 0 Å². The van der Waals surface area contributed by atoms with Crippen molar-refractivity contribution in [3.8, 4) is 16.9 Å². The highest BCUT2D eigenvalue weighted by Gasteiger charge is 2.32. The van der Waals surface area contributed by atoms with Crippen molar-refractivity contribution in [1.29, 1.82) is 0 Å². The van der Waals surface area contributed by atoms with Crippen LogP contribution in [-0.2, 0) is 4.79 Å². The number of halogens is 2. The minimum absolute atomic E-state index is 0.0423. The fraction of sp³-hybridized carbons (Fsp3) is 0.281. The minimum Gasteiger partial charge on any atom is -0.350 e. The Morgan fingerprint density at radius 3 is 2.71 bits per heavy atom. The summed E-state index contributed by atoms with van der Waals surface area (Å²) in [5.74, 6) is -3.05. The number of aromatic nitrogens is 4. The number of hydrogen-bond acceptors (Lipinski definition) is 6. The summed E-state index contributed by atoms with van der Waals surface area (Å²) >= 11 is 0. The molecule has 1 amide bonds. The van der Waals surface area contributed by atoms with Crippen molar-refractivity contribution in [3.05, 3.63) is 94.7 Å². The molecule has 1 saturated heterocycles. The Bertz CT molecular complexity index is 1990. The second kappa shape index (κ2) is 11.3. The molecule has 1 atom stereocenters. The van der Waals surface area contributed by atoms with Gasteiger partial charge in [0.05, 0.1) is 19.5 Å². The van der Waals surface area contributed by atoms with Crippen molar-refractivity contribution < 1.29 is 20.4 Å². The summed E-state index contributed by atoms with van der Waals surface area (Å²) in [5.41, 5.74) is -0.565. The maximum atomic E-state index is 16.2. The number of amides is 1. The molecule has 0 N–H and O–H groups in total. The van der Waals surface area contributed by atoms with Crippen LogP contribution in [0.3, 0.4) is 0 Å². The van der Waals surface area contributed by atoms with Crippen LogP contribution in [0.5, 0.6) is 0 Å². The SMILES string of the molecule is [2H]C([2H])=Cc1ccccc1-c1nc2c(cc1F)c(N1CCN(C(=O)C(=C)F)C[C@@H]1C)nc(=O)n2-c1c(C([2H])([2H])[2H])ccnc1C(C)C. The van der Waals surface area contributed by atoms with E-state index in [2.05, 4.69) is 21.5 Å². The predicted molar refractivity (Wildman–Crippen MR) is 161 cm³/mol. The zero-order chi connectivity index (χ0) is 34.4. The van der Waals surface area contributed by atoms with Gasteiger partial charge >= 0.3 is 5.69 Å². The zero-order valence-electron chi connectivity index (χ0n) is 28.4. The highest BCUT2D eigenvalue weighted by molar-refractivity contribution is 5.92. The topological polar surface area (TPSA) is 84.2 Å². The zero-order valence-corrected chi connectivity index (χ0v) is 23.4. The Morgan fingerprint density at radius 2 is 2.02 bits per heavy atom. The first kappa shape index (κ1) is 22.9. The highest BCUT2D eigenvalue weighted by atomic mass is 19.1. The molecular formula is C32H32F2N6O2. The molecule has 0 spiro atoms. The molecule has 0 unspecified atom stereocenters. The van der Waals surface area contributed by atoms with Crippen molar-refractivity contribution in [1.82, 2.24) is 24.4 Å². The second-order valence-electron chi connectivity index (χ2n) is 10.4. The lowest BCUT2D eigenvalue weighted by Crippen LogP contribution is -2.54. The Balaban J connectivity index is 1.86. The molecule has 216 valence electrons. The molecule has 0 bridgehead atoms. The smallest absolute Gasteiger partial charge is 0.350 e. The van der Waals surface area contributed by atoms with E-state index in [-0.39, 0.29) is 70.6 Å². The quantitative estimate of drug-likeness (QED) is 0.279. The molecular weight excluding hydrogens is 538 g/mol. The van der Waals surface area contributed by atoms with Gasteiger partial charge in [0.25, 0.3) is 5.91 Å². The maximum absolute atomic E-state index is 16.2. The van der Waals surface area contributed by atoms with E-state index in [0.29, 0.717) is 5.56 Å². The van der Waals surface area contributed by atoms with Crippen molar-refractivity contribution in [2.45, 2.75) is 39.6 Å². The lowest BCUT2D eigenvalue weighted by atomic mass is 10.0. The van der Waals surface area contributed by atoms with E-state index in [1.807, 2.05) is 0 Å². The van der Waals surface area contributed by atoms with Gasteiger partial charge in [-0.2, -0.15) is 4.98 Å². The summed E-state index contributed by atoms with van der Waals surface area (Å²) in [7, 11) is 0. The number of carbonyl (C=O) groups is 1. The number of hydrogen-bond donors (Lipinski definition) is 0. The predicted octanol–water partition coefficient (Wildman–Crippen LogP) is 5.58. The van der Waals surface area contributed by atoms with Gasteiger partial charge in [0.2, 0.25) is 0 Å². The molecule has 1 aromatic carbocycles. The van der Waals surface area contributed by atoms with Crippen LogP contribution in [-0.4, -0.2) is 56.0 Å². The molecule has 3 aromatic heterocycles. The van der Waals surface area contributed by atoms with E-state index in [1.165, 1.54) is 23.2 Å². The molecule has 1 fully saturated rings. The average Bonchev–Trinajstić information content (AvgIpc) is 2.99. The van der Waals surface area contributed by atoms with E-state index >= 15 is 4.39 Å². The van der Waals surface area contributed by atoms with Crippen molar-refractivity contribution in [3.63, 3.8) is 0 Å². The first-order valence-corrected chi connectivity index (χ1v) is 13.4. The summed E-state index contributed by atoms with van der Waals surface area (Å²) < 4.78 is 71.0. The minimum atomic E-state index is -2.68. The molecule has 1 aliphatic rings. The van der Waals surface area contributed by atoms with Gasteiger partial charge in [-0.3, -0.25) is 9.78 Å². The molecule has 0 saturated carbocycles. The fourth-order valence-corrected chi connectivity index (χ4v) is 5.31. The van der Waals surface area contributed by atoms with E-state index in [1.54, 1.807) is 49.9 Å². The molecule has 5 rings (SSSR count). The van der Waals surface area contributed by atoms with Crippen molar-refractivity contribution >= 4 is 28.8 Å². The molecule has 8 nitrogen and oxygen atoms in total. The third-order valence-electron chi connectivity index (χ3n) is 7.31. The van der Waals surface area contributed by atoms with Crippen molar-refractivity contribution in [2.24, 2.45) is 0 Å². The van der Waals surface area contributed by atoms with E-state index in [9.17, 15) is 14.0 Å².